The van der Waals surface area contributed by atoms with Gasteiger partial charge in [0.1, 0.15) is 17.5 Å². The highest BCUT2D eigenvalue weighted by atomic mass is 32.2. The highest BCUT2D eigenvalue weighted by Crippen LogP contribution is 2.19. The van der Waals surface area contributed by atoms with E-state index in [-0.39, 0.29) is 0 Å². The van der Waals surface area contributed by atoms with Crippen molar-refractivity contribution in [2.45, 2.75) is 11.6 Å². The van der Waals surface area contributed by atoms with Crippen LogP contribution in [0.15, 0.2) is 53.6 Å². The standard InChI is InChI=1S/C16H15N3OS/c1-21-15-9-14(17)18-16(19-15)20-10-11-6-7-12-4-2-3-5-13(12)8-11/h2-9H,10H2,1H3,(H2,17,18,19). The van der Waals surface area contributed by atoms with Crippen LogP contribution in [0.2, 0.25) is 0 Å². The zero-order valence-corrected chi connectivity index (χ0v) is 12.4. The Morgan fingerprint density at radius 2 is 1.86 bits per heavy atom. The molecule has 3 rings (SSSR count). The highest BCUT2D eigenvalue weighted by molar-refractivity contribution is 7.98. The number of benzene rings is 2. The van der Waals surface area contributed by atoms with Crippen molar-refractivity contribution in [1.82, 2.24) is 9.97 Å². The largest absolute Gasteiger partial charge is 0.459 e. The molecule has 0 radical (unpaired) electrons. The van der Waals surface area contributed by atoms with Gasteiger partial charge >= 0.3 is 6.01 Å². The molecule has 0 aliphatic rings. The smallest absolute Gasteiger partial charge is 0.319 e. The summed E-state index contributed by atoms with van der Waals surface area (Å²) in [6.45, 7) is 0.419. The lowest BCUT2D eigenvalue weighted by atomic mass is 10.1. The number of aromatic nitrogens is 2. The first-order chi connectivity index (χ1) is 10.2. The van der Waals surface area contributed by atoms with Gasteiger partial charge in [0.2, 0.25) is 0 Å². The van der Waals surface area contributed by atoms with Gasteiger partial charge in [0.25, 0.3) is 0 Å². The van der Waals surface area contributed by atoms with Crippen molar-refractivity contribution in [1.29, 1.82) is 0 Å². The third-order valence-corrected chi connectivity index (χ3v) is 3.72. The first-order valence-corrected chi connectivity index (χ1v) is 7.76. The first kappa shape index (κ1) is 13.7. The minimum atomic E-state index is 0.313. The average molecular weight is 297 g/mol. The van der Waals surface area contributed by atoms with Crippen molar-refractivity contribution in [3.63, 3.8) is 0 Å². The van der Waals surface area contributed by atoms with Gasteiger partial charge in [-0.3, -0.25) is 0 Å². The Morgan fingerprint density at radius 1 is 1.05 bits per heavy atom. The quantitative estimate of drug-likeness (QED) is 0.590. The predicted molar refractivity (Wildman–Crippen MR) is 86.5 cm³/mol. The van der Waals surface area contributed by atoms with Gasteiger partial charge in [-0.15, -0.1) is 11.8 Å². The molecule has 1 aromatic heterocycles. The third kappa shape index (κ3) is 3.25. The van der Waals surface area contributed by atoms with E-state index in [2.05, 4.69) is 34.2 Å². The number of hydrogen-bond donors (Lipinski definition) is 1. The Balaban J connectivity index is 1.78. The molecule has 0 unspecified atom stereocenters. The van der Waals surface area contributed by atoms with Gasteiger partial charge in [-0.05, 0) is 28.7 Å². The van der Waals surface area contributed by atoms with Crippen LogP contribution in [0.1, 0.15) is 5.56 Å². The van der Waals surface area contributed by atoms with Crippen LogP contribution in [0, 0.1) is 0 Å². The van der Waals surface area contributed by atoms with Gasteiger partial charge in [-0.25, -0.2) is 0 Å². The van der Waals surface area contributed by atoms with Crippen LogP contribution in [0.3, 0.4) is 0 Å². The van der Waals surface area contributed by atoms with Crippen molar-refractivity contribution in [3.8, 4) is 6.01 Å². The summed E-state index contributed by atoms with van der Waals surface area (Å²) in [7, 11) is 0. The molecule has 0 saturated carbocycles. The zero-order chi connectivity index (χ0) is 14.7. The Hall–Kier alpha value is -2.27. The summed E-state index contributed by atoms with van der Waals surface area (Å²) in [4.78, 5) is 8.37. The number of hydrogen-bond acceptors (Lipinski definition) is 5. The summed E-state index contributed by atoms with van der Waals surface area (Å²) in [6.07, 6.45) is 1.94. The molecule has 3 aromatic rings. The Labute approximate surface area is 127 Å². The number of ether oxygens (including phenoxy) is 1. The molecule has 4 nitrogen and oxygen atoms in total. The van der Waals surface area contributed by atoms with E-state index < -0.39 is 0 Å². The molecule has 0 aliphatic heterocycles. The average Bonchev–Trinajstić information content (AvgIpc) is 2.52. The van der Waals surface area contributed by atoms with Crippen molar-refractivity contribution >= 4 is 28.4 Å². The van der Waals surface area contributed by atoms with Gasteiger partial charge in [0.15, 0.2) is 0 Å². The molecule has 0 fully saturated rings. The molecule has 0 bridgehead atoms. The van der Waals surface area contributed by atoms with E-state index >= 15 is 0 Å². The maximum atomic E-state index is 5.73. The van der Waals surface area contributed by atoms with Gasteiger partial charge in [0, 0.05) is 6.07 Å². The Morgan fingerprint density at radius 3 is 2.67 bits per heavy atom. The monoisotopic (exact) mass is 297 g/mol. The number of nitrogen functional groups attached to an aromatic ring is 1. The maximum absolute atomic E-state index is 5.73. The fraction of sp³-hybridized carbons (Fsp3) is 0.125. The summed E-state index contributed by atoms with van der Waals surface area (Å²) < 4.78 is 5.65. The van der Waals surface area contributed by atoms with E-state index in [1.807, 2.05) is 24.5 Å². The van der Waals surface area contributed by atoms with Crippen molar-refractivity contribution < 1.29 is 4.74 Å². The van der Waals surface area contributed by atoms with Gasteiger partial charge in [-0.2, -0.15) is 9.97 Å². The van der Waals surface area contributed by atoms with Crippen LogP contribution in [0.4, 0.5) is 5.82 Å². The predicted octanol–water partition coefficient (Wildman–Crippen LogP) is 3.51. The summed E-state index contributed by atoms with van der Waals surface area (Å²) in [5.74, 6) is 0.419. The normalized spacial score (nSPS) is 10.7. The molecule has 106 valence electrons. The minimum Gasteiger partial charge on any atom is -0.459 e. The molecule has 5 heteroatoms. The molecule has 1 heterocycles. The van der Waals surface area contributed by atoms with E-state index in [0.717, 1.165) is 10.6 Å². The van der Waals surface area contributed by atoms with Gasteiger partial charge < -0.3 is 10.5 Å². The van der Waals surface area contributed by atoms with Crippen LogP contribution < -0.4 is 10.5 Å². The Kier molecular flexibility index (Phi) is 3.92. The van der Waals surface area contributed by atoms with E-state index in [0.29, 0.717) is 18.4 Å². The van der Waals surface area contributed by atoms with Crippen LogP contribution in [-0.4, -0.2) is 16.2 Å². The summed E-state index contributed by atoms with van der Waals surface area (Å²) in [6, 6.07) is 16.5. The van der Waals surface area contributed by atoms with Crippen LogP contribution in [0.5, 0.6) is 6.01 Å². The molecule has 2 N–H and O–H groups in total. The van der Waals surface area contributed by atoms with E-state index in [4.69, 9.17) is 10.5 Å². The maximum Gasteiger partial charge on any atom is 0.319 e. The number of rotatable bonds is 4. The molecule has 0 aliphatic carbocycles. The number of thioether (sulfide) groups is 1. The zero-order valence-electron chi connectivity index (χ0n) is 11.6. The van der Waals surface area contributed by atoms with E-state index in [1.54, 1.807) is 6.07 Å². The lowest BCUT2D eigenvalue weighted by Gasteiger charge is -2.07. The highest BCUT2D eigenvalue weighted by Gasteiger charge is 2.04. The second-order valence-corrected chi connectivity index (χ2v) is 5.41. The van der Waals surface area contributed by atoms with Crippen LogP contribution in [0.25, 0.3) is 10.8 Å². The lowest BCUT2D eigenvalue weighted by Crippen LogP contribution is -2.02. The molecule has 21 heavy (non-hydrogen) atoms. The SMILES string of the molecule is CSc1cc(N)nc(OCc2ccc3ccccc3c2)n1. The number of anilines is 1. The Bertz CT molecular complexity index is 776. The number of fused-ring (bicyclic) bond motifs is 1. The molecule has 0 atom stereocenters. The van der Waals surface area contributed by atoms with Crippen LogP contribution in [-0.2, 0) is 6.61 Å². The molecular weight excluding hydrogens is 282 g/mol. The van der Waals surface area contributed by atoms with Crippen molar-refractivity contribution in [3.05, 3.63) is 54.1 Å². The van der Waals surface area contributed by atoms with Crippen molar-refractivity contribution in [2.75, 3.05) is 12.0 Å². The molecular formula is C16H15N3OS. The molecule has 2 aromatic carbocycles. The number of nitrogens with zero attached hydrogens (tertiary/aromatic N) is 2. The number of nitrogens with two attached hydrogens (primary N) is 1. The first-order valence-electron chi connectivity index (χ1n) is 6.53. The van der Waals surface area contributed by atoms with Gasteiger partial charge in [0.05, 0.1) is 0 Å². The van der Waals surface area contributed by atoms with Gasteiger partial charge in [-0.1, -0.05) is 36.4 Å². The summed E-state index contributed by atoms with van der Waals surface area (Å²) in [5.41, 5.74) is 6.81. The summed E-state index contributed by atoms with van der Waals surface area (Å²) >= 11 is 1.51. The molecule has 0 saturated heterocycles. The van der Waals surface area contributed by atoms with E-state index in [9.17, 15) is 0 Å². The third-order valence-electron chi connectivity index (χ3n) is 3.09. The summed E-state index contributed by atoms with van der Waals surface area (Å²) in [5, 5.41) is 3.21. The topological polar surface area (TPSA) is 61.0 Å². The van der Waals surface area contributed by atoms with Crippen molar-refractivity contribution in [2.24, 2.45) is 0 Å². The molecule has 0 spiro atoms. The molecule has 0 amide bonds. The van der Waals surface area contributed by atoms with Crippen LogP contribution >= 0.6 is 11.8 Å². The second-order valence-electron chi connectivity index (χ2n) is 4.59. The fourth-order valence-corrected chi connectivity index (χ4v) is 2.47. The lowest BCUT2D eigenvalue weighted by molar-refractivity contribution is 0.279. The minimum absolute atomic E-state index is 0.313. The second kappa shape index (κ2) is 6.01. The van der Waals surface area contributed by atoms with E-state index in [1.165, 1.54) is 22.5 Å². The fourth-order valence-electron chi connectivity index (χ4n) is 2.07.